The molecule has 1 aliphatic carbocycles. The first-order chi connectivity index (χ1) is 12.7. The van der Waals surface area contributed by atoms with Crippen molar-refractivity contribution in [3.05, 3.63) is 76.1 Å². The van der Waals surface area contributed by atoms with Crippen molar-refractivity contribution < 1.29 is 9.13 Å². The zero-order valence-corrected chi connectivity index (χ0v) is 15.7. The van der Waals surface area contributed by atoms with Crippen molar-refractivity contribution >= 4 is 11.6 Å². The fraction of sp³-hybridized carbons (Fsp3) is 0.364. The smallest absolute Gasteiger partial charge is 0.131 e. The third-order valence-electron chi connectivity index (χ3n) is 4.68. The van der Waals surface area contributed by atoms with Crippen LogP contribution in [0.4, 0.5) is 4.39 Å². The third kappa shape index (κ3) is 5.58. The summed E-state index contributed by atoms with van der Waals surface area (Å²) >= 11 is 6.04. The third-order valence-corrected chi connectivity index (χ3v) is 5.03. The van der Waals surface area contributed by atoms with E-state index in [0.29, 0.717) is 10.6 Å². The lowest BCUT2D eigenvalue weighted by Gasteiger charge is -2.13. The number of hydrogen-bond acceptors (Lipinski definition) is 2. The van der Waals surface area contributed by atoms with Crippen LogP contribution < -0.4 is 10.1 Å². The highest BCUT2D eigenvalue weighted by molar-refractivity contribution is 6.31. The molecule has 0 unspecified atom stereocenters. The van der Waals surface area contributed by atoms with Gasteiger partial charge in [0.05, 0.1) is 5.02 Å². The Bertz CT molecular complexity index is 739. The maximum absolute atomic E-state index is 13.8. The van der Waals surface area contributed by atoms with Gasteiger partial charge in [-0.3, -0.25) is 0 Å². The molecule has 0 bridgehead atoms. The van der Waals surface area contributed by atoms with Crippen molar-refractivity contribution in [2.75, 3.05) is 6.54 Å². The molecule has 1 N–H and O–H groups in total. The molecule has 26 heavy (non-hydrogen) atoms. The molecule has 0 aliphatic heterocycles. The Morgan fingerprint density at radius 1 is 1.12 bits per heavy atom. The van der Waals surface area contributed by atoms with Gasteiger partial charge in [0, 0.05) is 12.1 Å². The molecule has 2 aromatic rings. The zero-order chi connectivity index (χ0) is 18.2. The van der Waals surface area contributed by atoms with E-state index in [9.17, 15) is 4.39 Å². The highest BCUT2D eigenvalue weighted by Gasteiger charge is 2.08. The molecular formula is C22H25ClFNO. The van der Waals surface area contributed by atoms with E-state index in [0.717, 1.165) is 30.8 Å². The van der Waals surface area contributed by atoms with Crippen LogP contribution in [0.15, 0.2) is 54.1 Å². The minimum absolute atomic E-state index is 0.122. The van der Waals surface area contributed by atoms with E-state index < -0.39 is 0 Å². The lowest BCUT2D eigenvalue weighted by atomic mass is 9.97. The first kappa shape index (κ1) is 18.9. The number of nitrogens with one attached hydrogen (secondary N) is 1. The summed E-state index contributed by atoms with van der Waals surface area (Å²) in [4.78, 5) is 0. The van der Waals surface area contributed by atoms with Crippen molar-refractivity contribution in [2.45, 2.75) is 45.3 Å². The molecule has 2 aromatic carbocycles. The summed E-state index contributed by atoms with van der Waals surface area (Å²) in [5.41, 5.74) is 3.13. The average molecular weight is 374 g/mol. The molecule has 0 heterocycles. The Morgan fingerprint density at radius 2 is 2.00 bits per heavy atom. The average Bonchev–Trinajstić information content (AvgIpc) is 2.66. The molecule has 1 aliphatic rings. The van der Waals surface area contributed by atoms with Crippen LogP contribution in [0.1, 0.15) is 43.2 Å². The maximum Gasteiger partial charge on any atom is 0.131 e. The van der Waals surface area contributed by atoms with Crippen molar-refractivity contribution in [3.63, 3.8) is 0 Å². The first-order valence-electron chi connectivity index (χ1n) is 9.25. The number of hydrogen-bond donors (Lipinski definition) is 1. The maximum atomic E-state index is 13.8. The van der Waals surface area contributed by atoms with Gasteiger partial charge in [-0.1, -0.05) is 41.4 Å². The Kier molecular flexibility index (Phi) is 7.10. The molecule has 0 atom stereocenters. The van der Waals surface area contributed by atoms with E-state index in [-0.39, 0.29) is 12.4 Å². The molecule has 0 spiro atoms. The highest BCUT2D eigenvalue weighted by atomic mass is 35.5. The molecular weight excluding hydrogens is 349 g/mol. The summed E-state index contributed by atoms with van der Waals surface area (Å²) in [7, 11) is 0. The van der Waals surface area contributed by atoms with Crippen LogP contribution in [0.2, 0.25) is 5.02 Å². The fourth-order valence-electron chi connectivity index (χ4n) is 3.18. The molecule has 0 aromatic heterocycles. The van der Waals surface area contributed by atoms with Crippen LogP contribution in [0.5, 0.6) is 5.75 Å². The van der Waals surface area contributed by atoms with E-state index >= 15 is 0 Å². The molecule has 2 nitrogen and oxygen atoms in total. The largest absolute Gasteiger partial charge is 0.489 e. The van der Waals surface area contributed by atoms with Crippen LogP contribution >= 0.6 is 11.6 Å². The molecule has 0 saturated carbocycles. The second-order valence-corrected chi connectivity index (χ2v) is 7.08. The van der Waals surface area contributed by atoms with Gasteiger partial charge >= 0.3 is 0 Å². The molecule has 0 saturated heterocycles. The normalized spacial score (nSPS) is 14.2. The number of benzene rings is 2. The van der Waals surface area contributed by atoms with Gasteiger partial charge in [0.1, 0.15) is 18.2 Å². The lowest BCUT2D eigenvalue weighted by Crippen LogP contribution is -2.15. The fourth-order valence-corrected chi connectivity index (χ4v) is 3.40. The number of rotatable bonds is 8. The second-order valence-electron chi connectivity index (χ2n) is 6.67. The Balaban J connectivity index is 1.47. The van der Waals surface area contributed by atoms with Gasteiger partial charge in [-0.15, -0.1) is 0 Å². The van der Waals surface area contributed by atoms with Crippen molar-refractivity contribution in [2.24, 2.45) is 0 Å². The second kappa shape index (κ2) is 9.75. The predicted octanol–water partition coefficient (Wildman–Crippen LogP) is 6.04. The van der Waals surface area contributed by atoms with Crippen molar-refractivity contribution in [1.82, 2.24) is 5.32 Å². The van der Waals surface area contributed by atoms with E-state index in [1.54, 1.807) is 17.7 Å². The molecule has 0 amide bonds. The SMILES string of the molecule is Fc1cccc(Cl)c1COc1cccc(CNCCC2=CCCCC2)c1. The molecule has 4 heteroatoms. The topological polar surface area (TPSA) is 21.3 Å². The lowest BCUT2D eigenvalue weighted by molar-refractivity contribution is 0.299. The van der Waals surface area contributed by atoms with Gasteiger partial charge in [0.2, 0.25) is 0 Å². The van der Waals surface area contributed by atoms with Crippen LogP contribution in [0.3, 0.4) is 0 Å². The van der Waals surface area contributed by atoms with Crippen molar-refractivity contribution in [3.8, 4) is 5.75 Å². The summed E-state index contributed by atoms with van der Waals surface area (Å²) < 4.78 is 19.5. The monoisotopic (exact) mass is 373 g/mol. The minimum Gasteiger partial charge on any atom is -0.489 e. The van der Waals surface area contributed by atoms with Crippen LogP contribution in [-0.4, -0.2) is 6.54 Å². The van der Waals surface area contributed by atoms with Gasteiger partial charge in [-0.05, 0) is 68.5 Å². The molecule has 3 rings (SSSR count). The Hall–Kier alpha value is -1.84. The zero-order valence-electron chi connectivity index (χ0n) is 14.9. The summed E-state index contributed by atoms with van der Waals surface area (Å²) in [5.74, 6) is 0.381. The quantitative estimate of drug-likeness (QED) is 0.450. The van der Waals surface area contributed by atoms with Gasteiger partial charge in [-0.25, -0.2) is 4.39 Å². The summed E-state index contributed by atoms with van der Waals surface area (Å²) in [6.45, 7) is 1.91. The number of halogens is 2. The van der Waals surface area contributed by atoms with Gasteiger partial charge in [-0.2, -0.15) is 0 Å². The standard InChI is InChI=1S/C22H25ClFNO/c23-21-10-5-11-22(24)20(21)16-26-19-9-4-8-18(14-19)15-25-13-12-17-6-2-1-3-7-17/h4-6,8-11,14,25H,1-3,7,12-13,15-16H2. The minimum atomic E-state index is -0.340. The number of ether oxygens (including phenoxy) is 1. The first-order valence-corrected chi connectivity index (χ1v) is 9.63. The van der Waals surface area contributed by atoms with Crippen LogP contribution in [-0.2, 0) is 13.2 Å². The van der Waals surface area contributed by atoms with E-state index in [4.69, 9.17) is 16.3 Å². The summed E-state index contributed by atoms with van der Waals surface area (Å²) in [6.07, 6.45) is 8.68. The van der Waals surface area contributed by atoms with E-state index in [1.165, 1.54) is 31.7 Å². The van der Waals surface area contributed by atoms with Crippen molar-refractivity contribution in [1.29, 1.82) is 0 Å². The van der Waals surface area contributed by atoms with E-state index in [2.05, 4.69) is 17.5 Å². The van der Waals surface area contributed by atoms with Gasteiger partial charge < -0.3 is 10.1 Å². The summed E-state index contributed by atoms with van der Waals surface area (Å²) in [6, 6.07) is 12.6. The Morgan fingerprint density at radius 3 is 2.81 bits per heavy atom. The summed E-state index contributed by atoms with van der Waals surface area (Å²) in [5, 5.41) is 3.88. The Labute approximate surface area is 160 Å². The molecule has 138 valence electrons. The van der Waals surface area contributed by atoms with E-state index in [1.807, 2.05) is 18.2 Å². The highest BCUT2D eigenvalue weighted by Crippen LogP contribution is 2.22. The van der Waals surface area contributed by atoms with Crippen LogP contribution in [0, 0.1) is 5.82 Å². The molecule has 0 radical (unpaired) electrons. The predicted molar refractivity (Wildman–Crippen MR) is 105 cm³/mol. The van der Waals surface area contributed by atoms with Gasteiger partial charge in [0.25, 0.3) is 0 Å². The van der Waals surface area contributed by atoms with Crippen LogP contribution in [0.25, 0.3) is 0 Å². The number of allylic oxidation sites excluding steroid dienone is 1. The van der Waals surface area contributed by atoms with Gasteiger partial charge in [0.15, 0.2) is 0 Å². The molecule has 0 fully saturated rings.